The van der Waals surface area contributed by atoms with Gasteiger partial charge in [-0.15, -0.1) is 0 Å². The summed E-state index contributed by atoms with van der Waals surface area (Å²) < 4.78 is 5.51. The highest BCUT2D eigenvalue weighted by Gasteiger charge is 2.39. The van der Waals surface area contributed by atoms with Gasteiger partial charge in [0.25, 0.3) is 0 Å². The van der Waals surface area contributed by atoms with Gasteiger partial charge >= 0.3 is 0 Å². The molecule has 6 rings (SSSR count). The zero-order valence-corrected chi connectivity index (χ0v) is 17.1. The van der Waals surface area contributed by atoms with E-state index in [4.69, 9.17) is 19.7 Å². The Morgan fingerprint density at radius 1 is 1.03 bits per heavy atom. The van der Waals surface area contributed by atoms with Crippen LogP contribution in [0.1, 0.15) is 6.42 Å². The number of hydrogen-bond acceptors (Lipinski definition) is 8. The van der Waals surface area contributed by atoms with Crippen LogP contribution in [0.25, 0.3) is 22.3 Å². The molecule has 2 aromatic heterocycles. The number of morpholine rings is 1. The summed E-state index contributed by atoms with van der Waals surface area (Å²) in [7, 11) is 0. The van der Waals surface area contributed by atoms with Gasteiger partial charge in [0, 0.05) is 55.5 Å². The van der Waals surface area contributed by atoms with Crippen molar-refractivity contribution < 1.29 is 9.53 Å². The molecule has 10 nitrogen and oxygen atoms in total. The molecular weight excluding hydrogens is 396 g/mol. The molecule has 0 bridgehead atoms. The lowest BCUT2D eigenvalue weighted by Gasteiger charge is -2.34. The van der Waals surface area contributed by atoms with E-state index in [0.29, 0.717) is 36.9 Å². The number of rotatable bonds is 3. The molecule has 3 aliphatic rings. The summed E-state index contributed by atoms with van der Waals surface area (Å²) in [6.45, 7) is 5.08. The first kappa shape index (κ1) is 18.5. The third-order valence-corrected chi connectivity index (χ3v) is 6.52. The maximum Gasteiger partial charge on any atom is 0.230 e. The van der Waals surface area contributed by atoms with Gasteiger partial charge < -0.3 is 19.9 Å². The largest absolute Gasteiger partial charge is 0.378 e. The molecular formula is C21H24N8O2. The molecule has 3 aromatic rings. The lowest BCUT2D eigenvalue weighted by molar-refractivity contribution is -0.123. The van der Waals surface area contributed by atoms with Crippen LogP contribution < -0.4 is 15.1 Å². The number of piperidine rings is 1. The van der Waals surface area contributed by atoms with Crippen LogP contribution in [0.4, 0.5) is 11.9 Å². The van der Waals surface area contributed by atoms with Crippen LogP contribution >= 0.6 is 0 Å². The van der Waals surface area contributed by atoms with E-state index in [-0.39, 0.29) is 11.8 Å². The summed E-state index contributed by atoms with van der Waals surface area (Å²) in [6, 6.07) is 5.99. The summed E-state index contributed by atoms with van der Waals surface area (Å²) in [5, 5.41) is 11.2. The first-order chi connectivity index (χ1) is 15.3. The molecule has 0 spiro atoms. The van der Waals surface area contributed by atoms with Crippen LogP contribution in [0.5, 0.6) is 0 Å². The summed E-state index contributed by atoms with van der Waals surface area (Å²) in [6.07, 6.45) is 2.63. The predicted molar refractivity (Wildman–Crippen MR) is 115 cm³/mol. The van der Waals surface area contributed by atoms with E-state index in [1.165, 1.54) is 0 Å². The van der Waals surface area contributed by atoms with Crippen LogP contribution in [0, 0.1) is 11.8 Å². The van der Waals surface area contributed by atoms with Crippen LogP contribution in [-0.2, 0) is 9.53 Å². The Kier molecular flexibility index (Phi) is 4.45. The number of aromatic nitrogens is 5. The van der Waals surface area contributed by atoms with Crippen molar-refractivity contribution in [2.24, 2.45) is 11.8 Å². The fourth-order valence-corrected chi connectivity index (χ4v) is 4.81. The number of carbonyl (C=O) groups excluding carboxylic acids is 1. The Labute approximate surface area is 179 Å². The second kappa shape index (κ2) is 7.45. The molecule has 0 aliphatic carbocycles. The van der Waals surface area contributed by atoms with Gasteiger partial charge in [-0.1, -0.05) is 12.1 Å². The van der Waals surface area contributed by atoms with E-state index in [1.807, 2.05) is 24.4 Å². The lowest BCUT2D eigenvalue weighted by Crippen LogP contribution is -2.42. The van der Waals surface area contributed by atoms with E-state index in [9.17, 15) is 4.79 Å². The van der Waals surface area contributed by atoms with Gasteiger partial charge in [-0.3, -0.25) is 9.89 Å². The van der Waals surface area contributed by atoms with Gasteiger partial charge in [0.15, 0.2) is 5.82 Å². The molecule has 3 aliphatic heterocycles. The minimum Gasteiger partial charge on any atom is -0.378 e. The normalized spacial score (nSPS) is 23.8. The zero-order valence-electron chi connectivity index (χ0n) is 17.1. The minimum absolute atomic E-state index is 0.107. The van der Waals surface area contributed by atoms with Gasteiger partial charge in [-0.2, -0.15) is 20.1 Å². The van der Waals surface area contributed by atoms with Crippen LogP contribution in [0.15, 0.2) is 24.4 Å². The summed E-state index contributed by atoms with van der Waals surface area (Å²) in [5.74, 6) is 2.57. The van der Waals surface area contributed by atoms with Gasteiger partial charge in [-0.05, 0) is 12.5 Å². The Morgan fingerprint density at radius 3 is 2.74 bits per heavy atom. The van der Waals surface area contributed by atoms with E-state index < -0.39 is 0 Å². The number of nitrogens with one attached hydrogen (secondary N) is 2. The summed E-state index contributed by atoms with van der Waals surface area (Å²) in [5.41, 5.74) is 1.88. The highest BCUT2D eigenvalue weighted by molar-refractivity contribution is 5.92. The van der Waals surface area contributed by atoms with Crippen molar-refractivity contribution in [1.29, 1.82) is 0 Å². The number of nitrogens with zero attached hydrogens (tertiary/aromatic N) is 6. The van der Waals surface area contributed by atoms with Crippen LogP contribution in [0.3, 0.4) is 0 Å². The molecule has 3 fully saturated rings. The number of aromatic amines is 1. The maximum atomic E-state index is 12.1. The standard InChI is InChI=1S/C21H24N8O2/c30-19-14-4-5-29(12-13(14)10-22-19)21-25-18(15-2-1-3-17-16(15)11-23-27-17)24-20(26-21)28-6-8-31-9-7-28/h1-3,11,13-14H,4-10,12H2,(H,22,30)(H,23,27). The van der Waals surface area contributed by atoms with Gasteiger partial charge in [0.2, 0.25) is 17.8 Å². The summed E-state index contributed by atoms with van der Waals surface area (Å²) in [4.78, 5) is 31.0. The Bertz CT molecular complexity index is 1130. The highest BCUT2D eigenvalue weighted by Crippen LogP contribution is 2.32. The highest BCUT2D eigenvalue weighted by atomic mass is 16.5. The van der Waals surface area contributed by atoms with Gasteiger partial charge in [-0.25, -0.2) is 0 Å². The van der Waals surface area contributed by atoms with E-state index in [2.05, 4.69) is 25.3 Å². The Morgan fingerprint density at radius 2 is 1.87 bits per heavy atom. The SMILES string of the molecule is O=C1NCC2CN(c3nc(-c4cccc5[nH]ncc45)nc(N4CCOCC4)n3)CCC12. The second-order valence-electron chi connectivity index (χ2n) is 8.34. The molecule has 2 N–H and O–H groups in total. The Balaban J connectivity index is 1.41. The van der Waals surface area contributed by atoms with Gasteiger partial charge in [0.1, 0.15) is 0 Å². The molecule has 31 heavy (non-hydrogen) atoms. The molecule has 2 atom stereocenters. The molecule has 1 amide bonds. The van der Waals surface area contributed by atoms with E-state index >= 15 is 0 Å². The average Bonchev–Trinajstić information content (AvgIpc) is 3.46. The predicted octanol–water partition coefficient (Wildman–Crippen LogP) is 0.824. The number of H-pyrrole nitrogens is 1. The molecule has 0 saturated carbocycles. The van der Waals surface area contributed by atoms with Crippen molar-refractivity contribution >= 4 is 28.7 Å². The molecule has 0 radical (unpaired) electrons. The molecule has 1 aromatic carbocycles. The van der Waals surface area contributed by atoms with Gasteiger partial charge in [0.05, 0.1) is 24.9 Å². The molecule has 160 valence electrons. The topological polar surface area (TPSA) is 112 Å². The smallest absolute Gasteiger partial charge is 0.230 e. The average molecular weight is 420 g/mol. The first-order valence-corrected chi connectivity index (χ1v) is 10.8. The third-order valence-electron chi connectivity index (χ3n) is 6.52. The number of fused-ring (bicyclic) bond motifs is 2. The van der Waals surface area contributed by atoms with Crippen molar-refractivity contribution in [2.75, 3.05) is 55.7 Å². The first-order valence-electron chi connectivity index (χ1n) is 10.8. The maximum absolute atomic E-state index is 12.1. The van der Waals surface area contributed by atoms with Crippen molar-refractivity contribution in [3.05, 3.63) is 24.4 Å². The summed E-state index contributed by atoms with van der Waals surface area (Å²) >= 11 is 0. The van der Waals surface area contributed by atoms with Crippen LogP contribution in [0.2, 0.25) is 0 Å². The van der Waals surface area contributed by atoms with Crippen molar-refractivity contribution in [1.82, 2.24) is 30.5 Å². The number of amides is 1. The third kappa shape index (κ3) is 3.27. The number of carbonyl (C=O) groups is 1. The number of anilines is 2. The Hall–Kier alpha value is -3.27. The zero-order chi connectivity index (χ0) is 20.8. The second-order valence-corrected chi connectivity index (χ2v) is 8.34. The fraction of sp³-hybridized carbons (Fsp3) is 0.476. The van der Waals surface area contributed by atoms with Crippen molar-refractivity contribution in [2.45, 2.75) is 6.42 Å². The monoisotopic (exact) mass is 420 g/mol. The van der Waals surface area contributed by atoms with E-state index in [1.54, 1.807) is 0 Å². The number of ether oxygens (including phenoxy) is 1. The van der Waals surface area contributed by atoms with Crippen molar-refractivity contribution in [3.63, 3.8) is 0 Å². The number of hydrogen-bond donors (Lipinski definition) is 2. The molecule has 5 heterocycles. The molecule has 3 saturated heterocycles. The quantitative estimate of drug-likeness (QED) is 0.641. The lowest BCUT2D eigenvalue weighted by atomic mass is 9.88. The minimum atomic E-state index is 0.107. The fourth-order valence-electron chi connectivity index (χ4n) is 4.81. The van der Waals surface area contributed by atoms with Crippen LogP contribution in [-0.4, -0.2) is 77.0 Å². The molecule has 10 heteroatoms. The number of benzene rings is 1. The van der Waals surface area contributed by atoms with E-state index in [0.717, 1.165) is 55.6 Å². The van der Waals surface area contributed by atoms with Crippen molar-refractivity contribution in [3.8, 4) is 11.4 Å². The molecule has 2 unspecified atom stereocenters.